The van der Waals surface area contributed by atoms with E-state index in [0.29, 0.717) is 19.4 Å². The summed E-state index contributed by atoms with van der Waals surface area (Å²) in [6.45, 7) is 5.23. The molecule has 158 valence electrons. The van der Waals surface area contributed by atoms with Crippen molar-refractivity contribution in [3.63, 3.8) is 0 Å². The van der Waals surface area contributed by atoms with E-state index in [-0.39, 0.29) is 5.91 Å². The van der Waals surface area contributed by atoms with Crippen LogP contribution in [0.25, 0.3) is 0 Å². The highest BCUT2D eigenvalue weighted by atomic mass is 16.5. The van der Waals surface area contributed by atoms with Gasteiger partial charge in [0.05, 0.1) is 26.5 Å². The molecule has 1 N–H and O–H groups in total. The lowest BCUT2D eigenvalue weighted by molar-refractivity contribution is -0.121. The third kappa shape index (κ3) is 5.41. The van der Waals surface area contributed by atoms with Crippen LogP contribution < -0.4 is 14.8 Å². The Balaban J connectivity index is 1.57. The minimum Gasteiger partial charge on any atom is -0.497 e. The Labute approximate surface area is 177 Å². The van der Waals surface area contributed by atoms with Gasteiger partial charge in [-0.2, -0.15) is 5.10 Å². The van der Waals surface area contributed by atoms with Gasteiger partial charge in [-0.1, -0.05) is 30.3 Å². The number of carbonyl (C=O) groups excluding carboxylic acids is 1. The summed E-state index contributed by atoms with van der Waals surface area (Å²) in [6, 6.07) is 15.9. The number of nitrogens with one attached hydrogen (secondary N) is 1. The largest absolute Gasteiger partial charge is 0.497 e. The Morgan fingerprint density at radius 2 is 1.67 bits per heavy atom. The number of carbonyl (C=O) groups is 1. The van der Waals surface area contributed by atoms with Crippen LogP contribution in [0.3, 0.4) is 0 Å². The molecule has 1 heterocycles. The van der Waals surface area contributed by atoms with Crippen molar-refractivity contribution in [3.05, 3.63) is 76.6 Å². The quantitative estimate of drug-likeness (QED) is 0.586. The SMILES string of the molecule is COc1cc(CCC(=O)NCc2c(C)nn(Cc3ccccc3)c2C)cc(OC)c1. The summed E-state index contributed by atoms with van der Waals surface area (Å²) < 4.78 is 12.6. The summed E-state index contributed by atoms with van der Waals surface area (Å²) in [4.78, 5) is 12.4. The summed E-state index contributed by atoms with van der Waals surface area (Å²) in [5.41, 5.74) is 5.30. The Morgan fingerprint density at radius 3 is 2.30 bits per heavy atom. The van der Waals surface area contributed by atoms with Gasteiger partial charge in [0.2, 0.25) is 5.91 Å². The lowest BCUT2D eigenvalue weighted by Gasteiger charge is -2.09. The molecule has 6 nitrogen and oxygen atoms in total. The molecule has 3 rings (SSSR count). The molecular formula is C24H29N3O3. The molecule has 0 aliphatic rings. The first-order chi connectivity index (χ1) is 14.5. The molecule has 6 heteroatoms. The number of benzene rings is 2. The van der Waals surface area contributed by atoms with Crippen molar-refractivity contribution >= 4 is 5.91 Å². The van der Waals surface area contributed by atoms with Gasteiger partial charge in [-0.3, -0.25) is 9.48 Å². The van der Waals surface area contributed by atoms with Gasteiger partial charge in [0, 0.05) is 30.3 Å². The van der Waals surface area contributed by atoms with Crippen LogP contribution in [0.5, 0.6) is 11.5 Å². The number of aryl methyl sites for hydroxylation is 2. The van der Waals surface area contributed by atoms with E-state index in [1.165, 1.54) is 5.56 Å². The molecule has 2 aromatic carbocycles. The predicted octanol–water partition coefficient (Wildman–Crippen LogP) is 3.81. The zero-order valence-corrected chi connectivity index (χ0v) is 18.1. The number of rotatable bonds is 9. The monoisotopic (exact) mass is 407 g/mol. The molecule has 0 saturated heterocycles. The van der Waals surface area contributed by atoms with Crippen molar-refractivity contribution < 1.29 is 14.3 Å². The number of hydrogen-bond donors (Lipinski definition) is 1. The minimum absolute atomic E-state index is 0.00592. The summed E-state index contributed by atoms with van der Waals surface area (Å²) in [6.07, 6.45) is 1.01. The molecule has 3 aromatic rings. The maximum Gasteiger partial charge on any atom is 0.220 e. The number of aromatic nitrogens is 2. The van der Waals surface area contributed by atoms with E-state index < -0.39 is 0 Å². The summed E-state index contributed by atoms with van der Waals surface area (Å²) in [7, 11) is 3.24. The van der Waals surface area contributed by atoms with Crippen molar-refractivity contribution in [2.45, 2.75) is 39.8 Å². The topological polar surface area (TPSA) is 65.4 Å². The van der Waals surface area contributed by atoms with E-state index in [9.17, 15) is 4.79 Å². The van der Waals surface area contributed by atoms with Crippen LogP contribution in [-0.4, -0.2) is 29.9 Å². The van der Waals surface area contributed by atoms with Crippen molar-refractivity contribution in [2.24, 2.45) is 0 Å². The Hall–Kier alpha value is -3.28. The summed E-state index contributed by atoms with van der Waals surface area (Å²) >= 11 is 0. The average Bonchev–Trinajstić information content (AvgIpc) is 3.03. The van der Waals surface area contributed by atoms with Crippen molar-refractivity contribution in [2.75, 3.05) is 14.2 Å². The molecule has 1 aromatic heterocycles. The molecular weight excluding hydrogens is 378 g/mol. The van der Waals surface area contributed by atoms with Crippen LogP contribution in [0.2, 0.25) is 0 Å². The molecule has 0 aliphatic carbocycles. The van der Waals surface area contributed by atoms with Gasteiger partial charge in [-0.15, -0.1) is 0 Å². The molecule has 0 unspecified atom stereocenters. The first-order valence-corrected chi connectivity index (χ1v) is 10.1. The normalized spacial score (nSPS) is 10.7. The van der Waals surface area contributed by atoms with Gasteiger partial charge in [0.25, 0.3) is 0 Å². The number of hydrogen-bond acceptors (Lipinski definition) is 4. The predicted molar refractivity (Wildman–Crippen MR) is 117 cm³/mol. The highest BCUT2D eigenvalue weighted by Gasteiger charge is 2.13. The second kappa shape index (κ2) is 9.96. The van der Waals surface area contributed by atoms with Crippen LogP contribution in [0.4, 0.5) is 0 Å². The fourth-order valence-electron chi connectivity index (χ4n) is 3.44. The number of amides is 1. The Bertz CT molecular complexity index is 974. The first-order valence-electron chi connectivity index (χ1n) is 10.1. The molecule has 0 fully saturated rings. The Morgan fingerprint density at radius 1 is 1.00 bits per heavy atom. The molecule has 30 heavy (non-hydrogen) atoms. The van der Waals surface area contributed by atoms with Gasteiger partial charge >= 0.3 is 0 Å². The van der Waals surface area contributed by atoms with E-state index in [2.05, 4.69) is 22.5 Å². The zero-order chi connectivity index (χ0) is 21.5. The van der Waals surface area contributed by atoms with Crippen LogP contribution in [0.1, 0.15) is 34.5 Å². The first kappa shape index (κ1) is 21.4. The van der Waals surface area contributed by atoms with E-state index in [4.69, 9.17) is 9.47 Å². The van der Waals surface area contributed by atoms with E-state index in [1.54, 1.807) is 14.2 Å². The van der Waals surface area contributed by atoms with Crippen LogP contribution in [0.15, 0.2) is 48.5 Å². The van der Waals surface area contributed by atoms with Crippen molar-refractivity contribution in [3.8, 4) is 11.5 Å². The average molecular weight is 408 g/mol. The van der Waals surface area contributed by atoms with Gasteiger partial charge in [-0.25, -0.2) is 0 Å². The third-order valence-electron chi connectivity index (χ3n) is 5.22. The molecule has 1 amide bonds. The van der Waals surface area contributed by atoms with Gasteiger partial charge in [-0.05, 0) is 43.5 Å². The minimum atomic E-state index is 0.00592. The smallest absolute Gasteiger partial charge is 0.220 e. The lowest BCUT2D eigenvalue weighted by atomic mass is 10.1. The van der Waals surface area contributed by atoms with Gasteiger partial charge in [0.1, 0.15) is 11.5 Å². The highest BCUT2D eigenvalue weighted by Crippen LogP contribution is 2.23. The van der Waals surface area contributed by atoms with Gasteiger partial charge < -0.3 is 14.8 Å². The maximum atomic E-state index is 12.4. The highest BCUT2D eigenvalue weighted by molar-refractivity contribution is 5.76. The third-order valence-corrected chi connectivity index (χ3v) is 5.22. The fourth-order valence-corrected chi connectivity index (χ4v) is 3.44. The zero-order valence-electron chi connectivity index (χ0n) is 18.1. The summed E-state index contributed by atoms with van der Waals surface area (Å²) in [5, 5.41) is 7.68. The molecule has 0 spiro atoms. The number of methoxy groups -OCH3 is 2. The van der Waals surface area contributed by atoms with E-state index in [1.807, 2.05) is 54.9 Å². The fraction of sp³-hybridized carbons (Fsp3) is 0.333. The molecule has 0 saturated carbocycles. The van der Waals surface area contributed by atoms with Crippen LogP contribution >= 0.6 is 0 Å². The number of ether oxygens (including phenoxy) is 2. The standard InChI is InChI=1S/C24H29N3O3/c1-17-23(18(2)27(26-17)16-19-8-6-5-7-9-19)15-25-24(28)11-10-20-12-21(29-3)14-22(13-20)30-4/h5-9,12-14H,10-11,15-16H2,1-4H3,(H,25,28). The molecule has 0 atom stereocenters. The van der Waals surface area contributed by atoms with Gasteiger partial charge in [0.15, 0.2) is 0 Å². The summed E-state index contributed by atoms with van der Waals surface area (Å²) in [5.74, 6) is 1.45. The van der Waals surface area contributed by atoms with Crippen LogP contribution in [0, 0.1) is 13.8 Å². The second-order valence-electron chi connectivity index (χ2n) is 7.29. The maximum absolute atomic E-state index is 12.4. The molecule has 0 aliphatic heterocycles. The van der Waals surface area contributed by atoms with E-state index in [0.717, 1.165) is 40.6 Å². The van der Waals surface area contributed by atoms with E-state index >= 15 is 0 Å². The van der Waals surface area contributed by atoms with Crippen LogP contribution in [-0.2, 0) is 24.3 Å². The lowest BCUT2D eigenvalue weighted by Crippen LogP contribution is -2.23. The Kier molecular flexibility index (Phi) is 7.12. The molecule has 0 bridgehead atoms. The number of nitrogens with zero attached hydrogens (tertiary/aromatic N) is 2. The van der Waals surface area contributed by atoms with Crippen molar-refractivity contribution in [1.29, 1.82) is 0 Å². The molecule has 0 radical (unpaired) electrons. The van der Waals surface area contributed by atoms with Crippen molar-refractivity contribution in [1.82, 2.24) is 15.1 Å². The second-order valence-corrected chi connectivity index (χ2v) is 7.29.